The quantitative estimate of drug-likeness (QED) is 0.464. The van der Waals surface area contributed by atoms with Crippen LogP contribution in [-0.2, 0) is 0 Å². The monoisotopic (exact) mass is 405 g/mol. The summed E-state index contributed by atoms with van der Waals surface area (Å²) in [7, 11) is 0. The van der Waals surface area contributed by atoms with Gasteiger partial charge in [-0.05, 0) is 37.6 Å². The molecule has 4 rings (SSSR count). The number of pyridine rings is 1. The Morgan fingerprint density at radius 2 is 1.79 bits per heavy atom. The average molecular weight is 406 g/mol. The standard InChI is InChI=1S/C23H20ClN3O2/c1-3-26(4-2)22(28)20-13-19(15-8-6-5-7-9-15)23(29)27-21(20)18-12-17(24)11-10-16(18)14-25-27/h5-14H,3-4H2,1-2H3. The van der Waals surface area contributed by atoms with Gasteiger partial charge in [0, 0.05) is 34.4 Å². The van der Waals surface area contributed by atoms with Crippen molar-refractivity contribution in [2.45, 2.75) is 13.8 Å². The van der Waals surface area contributed by atoms with Crippen LogP contribution in [0.1, 0.15) is 24.2 Å². The van der Waals surface area contributed by atoms with E-state index in [1.165, 1.54) is 4.52 Å². The fourth-order valence-electron chi connectivity index (χ4n) is 3.61. The lowest BCUT2D eigenvalue weighted by molar-refractivity contribution is 0.0774. The second kappa shape index (κ2) is 7.68. The summed E-state index contributed by atoms with van der Waals surface area (Å²) >= 11 is 6.23. The van der Waals surface area contributed by atoms with E-state index >= 15 is 0 Å². The number of carbonyl (C=O) groups is 1. The second-order valence-corrected chi connectivity index (χ2v) is 7.19. The molecule has 0 spiro atoms. The van der Waals surface area contributed by atoms with Crippen LogP contribution < -0.4 is 5.56 Å². The zero-order valence-electron chi connectivity index (χ0n) is 16.2. The van der Waals surface area contributed by atoms with Crippen molar-refractivity contribution in [1.82, 2.24) is 14.5 Å². The number of rotatable bonds is 4. The van der Waals surface area contributed by atoms with E-state index in [2.05, 4.69) is 5.10 Å². The van der Waals surface area contributed by atoms with Crippen LogP contribution in [0.2, 0.25) is 5.02 Å². The van der Waals surface area contributed by atoms with Gasteiger partial charge < -0.3 is 4.90 Å². The molecule has 2 aromatic heterocycles. The molecule has 0 radical (unpaired) electrons. The summed E-state index contributed by atoms with van der Waals surface area (Å²) in [5, 5.41) is 6.44. The molecule has 4 aromatic rings. The number of halogens is 1. The van der Waals surface area contributed by atoms with Gasteiger partial charge in [0.15, 0.2) is 0 Å². The summed E-state index contributed by atoms with van der Waals surface area (Å²) in [6.45, 7) is 5.01. The molecule has 0 bridgehead atoms. The van der Waals surface area contributed by atoms with Crippen LogP contribution in [0.3, 0.4) is 0 Å². The Labute approximate surface area is 173 Å². The topological polar surface area (TPSA) is 54.7 Å². The summed E-state index contributed by atoms with van der Waals surface area (Å²) in [4.78, 5) is 28.4. The van der Waals surface area contributed by atoms with Crippen LogP contribution in [0.5, 0.6) is 0 Å². The number of hydrogen-bond donors (Lipinski definition) is 0. The van der Waals surface area contributed by atoms with Gasteiger partial charge in [0.1, 0.15) is 0 Å². The van der Waals surface area contributed by atoms with Crippen molar-refractivity contribution >= 4 is 33.8 Å². The predicted octanol–water partition coefficient (Wildman–Crippen LogP) is 4.65. The lowest BCUT2D eigenvalue weighted by Gasteiger charge is -2.21. The molecule has 29 heavy (non-hydrogen) atoms. The van der Waals surface area contributed by atoms with Gasteiger partial charge in [0.2, 0.25) is 0 Å². The molecule has 0 aliphatic rings. The van der Waals surface area contributed by atoms with Crippen LogP contribution in [0.15, 0.2) is 65.6 Å². The maximum atomic E-state index is 13.4. The van der Waals surface area contributed by atoms with E-state index < -0.39 is 0 Å². The summed E-state index contributed by atoms with van der Waals surface area (Å²) in [5.74, 6) is -0.140. The molecule has 0 saturated heterocycles. The van der Waals surface area contributed by atoms with Gasteiger partial charge in [-0.15, -0.1) is 0 Å². The Morgan fingerprint density at radius 1 is 1.07 bits per heavy atom. The highest BCUT2D eigenvalue weighted by Crippen LogP contribution is 2.27. The van der Waals surface area contributed by atoms with Crippen molar-refractivity contribution in [3.8, 4) is 11.1 Å². The molecular formula is C23H20ClN3O2. The molecule has 0 saturated carbocycles. The van der Waals surface area contributed by atoms with Crippen molar-refractivity contribution in [2.24, 2.45) is 0 Å². The molecule has 0 N–H and O–H groups in total. The van der Waals surface area contributed by atoms with E-state index in [1.807, 2.05) is 50.2 Å². The molecule has 0 fully saturated rings. The molecule has 2 aromatic carbocycles. The summed E-state index contributed by atoms with van der Waals surface area (Å²) in [6, 6.07) is 16.4. The van der Waals surface area contributed by atoms with Gasteiger partial charge in [-0.25, -0.2) is 0 Å². The first-order valence-electron chi connectivity index (χ1n) is 9.54. The molecule has 6 heteroatoms. The first-order valence-corrected chi connectivity index (χ1v) is 9.92. The third-order valence-electron chi connectivity index (χ3n) is 5.13. The molecule has 146 valence electrons. The van der Waals surface area contributed by atoms with Gasteiger partial charge in [-0.3, -0.25) is 9.59 Å². The van der Waals surface area contributed by atoms with Crippen LogP contribution in [-0.4, -0.2) is 33.5 Å². The van der Waals surface area contributed by atoms with Gasteiger partial charge >= 0.3 is 0 Å². The van der Waals surface area contributed by atoms with Crippen LogP contribution in [0, 0.1) is 0 Å². The van der Waals surface area contributed by atoms with Crippen molar-refractivity contribution < 1.29 is 4.79 Å². The first-order chi connectivity index (χ1) is 14.0. The largest absolute Gasteiger partial charge is 0.339 e. The second-order valence-electron chi connectivity index (χ2n) is 6.76. The van der Waals surface area contributed by atoms with Gasteiger partial charge in [-0.2, -0.15) is 9.61 Å². The fourth-order valence-corrected chi connectivity index (χ4v) is 3.78. The van der Waals surface area contributed by atoms with E-state index in [0.717, 1.165) is 16.3 Å². The van der Waals surface area contributed by atoms with Crippen LogP contribution in [0.4, 0.5) is 0 Å². The van der Waals surface area contributed by atoms with E-state index in [-0.39, 0.29) is 11.5 Å². The van der Waals surface area contributed by atoms with E-state index in [0.29, 0.717) is 34.8 Å². The van der Waals surface area contributed by atoms with E-state index in [4.69, 9.17) is 11.6 Å². The molecule has 0 unspecified atom stereocenters. The van der Waals surface area contributed by atoms with Gasteiger partial charge in [0.25, 0.3) is 11.5 Å². The minimum absolute atomic E-state index is 0.140. The molecule has 0 aliphatic heterocycles. The smallest absolute Gasteiger partial charge is 0.279 e. The lowest BCUT2D eigenvalue weighted by Crippen LogP contribution is -2.32. The Bertz CT molecular complexity index is 1280. The summed E-state index contributed by atoms with van der Waals surface area (Å²) < 4.78 is 1.32. The Kier molecular flexibility index (Phi) is 5.07. The van der Waals surface area contributed by atoms with Crippen LogP contribution >= 0.6 is 11.6 Å². The molecule has 2 heterocycles. The van der Waals surface area contributed by atoms with E-state index in [1.54, 1.807) is 29.3 Å². The van der Waals surface area contributed by atoms with Crippen molar-refractivity contribution in [1.29, 1.82) is 0 Å². The minimum atomic E-state index is -0.274. The Balaban J connectivity index is 2.16. The SMILES string of the molecule is CCN(CC)C(=O)c1cc(-c2ccccc2)c(=O)n2ncc3ccc(Cl)cc3c12. The zero-order valence-corrected chi connectivity index (χ0v) is 17.0. The highest BCUT2D eigenvalue weighted by molar-refractivity contribution is 6.31. The Morgan fingerprint density at radius 3 is 2.48 bits per heavy atom. The normalized spacial score (nSPS) is 11.1. The van der Waals surface area contributed by atoms with Crippen LogP contribution in [0.25, 0.3) is 27.4 Å². The Hall–Kier alpha value is -3.18. The predicted molar refractivity (Wildman–Crippen MR) is 117 cm³/mol. The highest BCUT2D eigenvalue weighted by atomic mass is 35.5. The van der Waals surface area contributed by atoms with Crippen molar-refractivity contribution in [3.05, 3.63) is 81.7 Å². The molecule has 5 nitrogen and oxygen atoms in total. The number of fused-ring (bicyclic) bond motifs is 3. The van der Waals surface area contributed by atoms with Crippen molar-refractivity contribution in [2.75, 3.05) is 13.1 Å². The van der Waals surface area contributed by atoms with E-state index in [9.17, 15) is 9.59 Å². The number of nitrogens with zero attached hydrogens (tertiary/aromatic N) is 3. The number of carbonyl (C=O) groups excluding carboxylic acids is 1. The number of hydrogen-bond acceptors (Lipinski definition) is 3. The minimum Gasteiger partial charge on any atom is -0.339 e. The lowest BCUT2D eigenvalue weighted by atomic mass is 10.0. The highest BCUT2D eigenvalue weighted by Gasteiger charge is 2.22. The maximum absolute atomic E-state index is 13.4. The zero-order chi connectivity index (χ0) is 20.5. The number of amides is 1. The van der Waals surface area contributed by atoms with Gasteiger partial charge in [0.05, 0.1) is 17.3 Å². The fraction of sp³-hybridized carbons (Fsp3) is 0.174. The molecule has 0 atom stereocenters. The average Bonchev–Trinajstić information content (AvgIpc) is 2.75. The van der Waals surface area contributed by atoms with Crippen molar-refractivity contribution in [3.63, 3.8) is 0 Å². The molecule has 1 amide bonds. The molecule has 0 aliphatic carbocycles. The third-order valence-corrected chi connectivity index (χ3v) is 5.36. The first kappa shape index (κ1) is 19.2. The number of aromatic nitrogens is 2. The van der Waals surface area contributed by atoms with Gasteiger partial charge in [-0.1, -0.05) is 48.0 Å². The number of benzene rings is 2. The summed E-state index contributed by atoms with van der Waals surface area (Å²) in [6.07, 6.45) is 1.63. The maximum Gasteiger partial charge on any atom is 0.279 e. The summed E-state index contributed by atoms with van der Waals surface area (Å²) in [5.41, 5.74) is 1.82. The molecular weight excluding hydrogens is 386 g/mol. The third kappa shape index (κ3) is 3.28.